The molecule has 0 spiro atoms. The van der Waals surface area contributed by atoms with E-state index in [2.05, 4.69) is 0 Å². The van der Waals surface area contributed by atoms with Gasteiger partial charge in [-0.1, -0.05) is 55.3 Å². The summed E-state index contributed by atoms with van der Waals surface area (Å²) in [7, 11) is 0. The Labute approximate surface area is 208 Å². The monoisotopic (exact) mass is 500 g/mol. The third-order valence-electron chi connectivity index (χ3n) is 8.25. The van der Waals surface area contributed by atoms with Gasteiger partial charge in [0.15, 0.2) is 0 Å². The smallest absolute Gasteiger partial charge is 0.385 e. The predicted molar refractivity (Wildman–Crippen MR) is 127 cm³/mol. The SMILES string of the molecule is O=C1CC(C(=O)N2CC[C@](O)(c3ccccc3)[C@H]3CCCC[C@H]32)CN1Cc1ccc(C(F)(F)F)cc1. The predicted octanol–water partition coefficient (Wildman–Crippen LogP) is 4.73. The van der Waals surface area contributed by atoms with Crippen molar-refractivity contribution >= 4 is 11.8 Å². The van der Waals surface area contributed by atoms with E-state index >= 15 is 0 Å². The highest BCUT2D eigenvalue weighted by Gasteiger charge is 2.51. The Morgan fingerprint density at radius 2 is 1.72 bits per heavy atom. The Balaban J connectivity index is 1.28. The molecule has 3 aliphatic rings. The molecule has 36 heavy (non-hydrogen) atoms. The van der Waals surface area contributed by atoms with E-state index < -0.39 is 23.3 Å². The standard InChI is InChI=1S/C28H31F3N2O3/c29-28(30,31)22-12-10-19(11-13-22)17-32-18-20(16-25(32)34)26(35)33-15-14-27(36,21-6-2-1-3-7-21)23-8-4-5-9-24(23)33/h1-3,6-7,10-13,20,23-24,36H,4-5,8-9,14-18H2/t20?,23-,24+,27-/m0/s1. The van der Waals surface area contributed by atoms with E-state index in [0.29, 0.717) is 18.5 Å². The second-order valence-electron chi connectivity index (χ2n) is 10.4. The molecule has 1 aliphatic carbocycles. The van der Waals surface area contributed by atoms with Crippen LogP contribution in [0.5, 0.6) is 0 Å². The summed E-state index contributed by atoms with van der Waals surface area (Å²) in [5.41, 5.74) is -0.200. The zero-order valence-corrected chi connectivity index (χ0v) is 20.1. The number of amides is 2. The van der Waals surface area contributed by atoms with Crippen molar-refractivity contribution in [3.05, 3.63) is 71.3 Å². The van der Waals surface area contributed by atoms with Gasteiger partial charge in [-0.15, -0.1) is 0 Å². The van der Waals surface area contributed by atoms with Crippen LogP contribution in [0.15, 0.2) is 54.6 Å². The maximum atomic E-state index is 13.6. The number of halogens is 3. The van der Waals surface area contributed by atoms with Gasteiger partial charge in [-0.2, -0.15) is 13.2 Å². The van der Waals surface area contributed by atoms with Crippen molar-refractivity contribution in [1.29, 1.82) is 0 Å². The normalized spacial score (nSPS) is 28.8. The maximum Gasteiger partial charge on any atom is 0.416 e. The number of likely N-dealkylation sites (tertiary alicyclic amines) is 2. The minimum atomic E-state index is -4.41. The van der Waals surface area contributed by atoms with Crippen molar-refractivity contribution in [3.63, 3.8) is 0 Å². The molecule has 0 bridgehead atoms. The number of aliphatic hydroxyl groups is 1. The highest BCUT2D eigenvalue weighted by Crippen LogP contribution is 2.47. The molecule has 1 unspecified atom stereocenters. The molecule has 8 heteroatoms. The molecule has 3 fully saturated rings. The molecule has 2 amide bonds. The highest BCUT2D eigenvalue weighted by molar-refractivity contribution is 5.89. The zero-order chi connectivity index (χ0) is 25.5. The van der Waals surface area contributed by atoms with Crippen LogP contribution in [0.4, 0.5) is 13.2 Å². The number of hydrogen-bond acceptors (Lipinski definition) is 3. The number of piperidine rings is 1. The topological polar surface area (TPSA) is 60.9 Å². The van der Waals surface area contributed by atoms with Crippen molar-refractivity contribution in [2.75, 3.05) is 13.1 Å². The summed E-state index contributed by atoms with van der Waals surface area (Å²) in [6, 6.07) is 14.4. The molecule has 5 nitrogen and oxygen atoms in total. The van der Waals surface area contributed by atoms with Gasteiger partial charge in [0.1, 0.15) is 0 Å². The fourth-order valence-electron chi connectivity index (χ4n) is 6.39. The fourth-order valence-corrected chi connectivity index (χ4v) is 6.39. The molecule has 2 aromatic rings. The summed E-state index contributed by atoms with van der Waals surface area (Å²) in [6.07, 6.45) is -0.140. The second-order valence-corrected chi connectivity index (χ2v) is 10.4. The largest absolute Gasteiger partial charge is 0.416 e. The van der Waals surface area contributed by atoms with Crippen LogP contribution in [0.1, 0.15) is 55.2 Å². The number of hydrogen-bond donors (Lipinski definition) is 1. The van der Waals surface area contributed by atoms with E-state index in [9.17, 15) is 27.9 Å². The summed E-state index contributed by atoms with van der Waals surface area (Å²) >= 11 is 0. The third-order valence-corrected chi connectivity index (χ3v) is 8.25. The Bertz CT molecular complexity index is 1110. The molecule has 192 valence electrons. The van der Waals surface area contributed by atoms with Gasteiger partial charge in [0.05, 0.1) is 17.1 Å². The first-order valence-electron chi connectivity index (χ1n) is 12.7. The van der Waals surface area contributed by atoms with E-state index in [4.69, 9.17) is 0 Å². The van der Waals surface area contributed by atoms with Crippen LogP contribution in [-0.4, -0.2) is 45.9 Å². The van der Waals surface area contributed by atoms with Crippen LogP contribution in [0.3, 0.4) is 0 Å². The van der Waals surface area contributed by atoms with E-state index in [0.717, 1.165) is 43.4 Å². The van der Waals surface area contributed by atoms with Crippen LogP contribution in [0, 0.1) is 11.8 Å². The summed E-state index contributed by atoms with van der Waals surface area (Å²) in [5, 5.41) is 11.7. The van der Waals surface area contributed by atoms with E-state index in [1.165, 1.54) is 12.1 Å². The van der Waals surface area contributed by atoms with Crippen molar-refractivity contribution in [3.8, 4) is 0 Å². The molecule has 2 aromatic carbocycles. The van der Waals surface area contributed by atoms with Gasteiger partial charge in [0, 0.05) is 38.0 Å². The number of nitrogens with zero attached hydrogens (tertiary/aromatic N) is 2. The molecule has 1 N–H and O–H groups in total. The van der Waals surface area contributed by atoms with Gasteiger partial charge in [-0.25, -0.2) is 0 Å². The summed E-state index contributed by atoms with van der Waals surface area (Å²) in [5.74, 6) is -0.735. The molecule has 1 saturated carbocycles. The Hall–Kier alpha value is -2.87. The first-order chi connectivity index (χ1) is 17.2. The molecule has 2 heterocycles. The van der Waals surface area contributed by atoms with Crippen LogP contribution in [-0.2, 0) is 27.9 Å². The first-order valence-corrected chi connectivity index (χ1v) is 12.7. The summed E-state index contributed by atoms with van der Waals surface area (Å²) in [4.78, 5) is 29.8. The number of carbonyl (C=O) groups excluding carboxylic acids is 2. The molecule has 0 radical (unpaired) electrons. The summed E-state index contributed by atoms with van der Waals surface area (Å²) < 4.78 is 38.5. The molecule has 5 rings (SSSR count). The molecule has 2 aliphatic heterocycles. The maximum absolute atomic E-state index is 13.6. The van der Waals surface area contributed by atoms with Gasteiger partial charge < -0.3 is 14.9 Å². The van der Waals surface area contributed by atoms with E-state index in [1.54, 1.807) is 4.90 Å². The number of alkyl halides is 3. The van der Waals surface area contributed by atoms with Crippen LogP contribution in [0.2, 0.25) is 0 Å². The third kappa shape index (κ3) is 4.63. The van der Waals surface area contributed by atoms with Gasteiger partial charge in [-0.3, -0.25) is 9.59 Å². The second kappa shape index (κ2) is 9.54. The lowest BCUT2D eigenvalue weighted by atomic mass is 9.66. The number of carbonyl (C=O) groups is 2. The average Bonchev–Trinajstić information content (AvgIpc) is 3.24. The van der Waals surface area contributed by atoms with Gasteiger partial charge in [-0.05, 0) is 42.5 Å². The minimum absolute atomic E-state index is 0.0493. The van der Waals surface area contributed by atoms with Crippen LogP contribution >= 0.6 is 0 Å². The zero-order valence-electron chi connectivity index (χ0n) is 20.1. The number of rotatable bonds is 4. The Morgan fingerprint density at radius 3 is 2.42 bits per heavy atom. The minimum Gasteiger partial charge on any atom is -0.385 e. The molecular formula is C28H31F3N2O3. The quantitative estimate of drug-likeness (QED) is 0.660. The van der Waals surface area contributed by atoms with Gasteiger partial charge in [0.25, 0.3) is 0 Å². The molecule has 2 saturated heterocycles. The average molecular weight is 501 g/mol. The lowest BCUT2D eigenvalue weighted by molar-refractivity contribution is -0.158. The first kappa shape index (κ1) is 24.8. The number of benzene rings is 2. The number of fused-ring (bicyclic) bond motifs is 1. The van der Waals surface area contributed by atoms with Crippen molar-refractivity contribution < 1.29 is 27.9 Å². The highest BCUT2D eigenvalue weighted by atomic mass is 19.4. The molecular weight excluding hydrogens is 469 g/mol. The van der Waals surface area contributed by atoms with Crippen LogP contribution < -0.4 is 0 Å². The van der Waals surface area contributed by atoms with Crippen molar-refractivity contribution in [2.45, 2.75) is 62.9 Å². The Morgan fingerprint density at radius 1 is 1.03 bits per heavy atom. The van der Waals surface area contributed by atoms with Crippen molar-refractivity contribution in [2.24, 2.45) is 11.8 Å². The van der Waals surface area contributed by atoms with E-state index in [1.807, 2.05) is 35.2 Å². The van der Waals surface area contributed by atoms with E-state index in [-0.39, 0.29) is 43.3 Å². The molecule has 0 aromatic heterocycles. The van der Waals surface area contributed by atoms with Crippen LogP contribution in [0.25, 0.3) is 0 Å². The lowest BCUT2D eigenvalue weighted by Crippen LogP contribution is -2.60. The Kier molecular flexibility index (Phi) is 6.57. The van der Waals surface area contributed by atoms with Gasteiger partial charge in [0.2, 0.25) is 11.8 Å². The van der Waals surface area contributed by atoms with Crippen molar-refractivity contribution in [1.82, 2.24) is 9.80 Å². The fraction of sp³-hybridized carbons (Fsp3) is 0.500. The molecule has 4 atom stereocenters. The summed E-state index contributed by atoms with van der Waals surface area (Å²) in [6.45, 7) is 0.880. The lowest BCUT2D eigenvalue weighted by Gasteiger charge is -2.53. The van der Waals surface area contributed by atoms with Gasteiger partial charge >= 0.3 is 6.18 Å².